The summed E-state index contributed by atoms with van der Waals surface area (Å²) < 4.78 is 81.1. The van der Waals surface area contributed by atoms with Crippen molar-refractivity contribution in [1.82, 2.24) is 9.62 Å². The van der Waals surface area contributed by atoms with Gasteiger partial charge in [0.2, 0.25) is 0 Å². The van der Waals surface area contributed by atoms with Crippen LogP contribution in [0, 0.1) is 11.3 Å². The van der Waals surface area contributed by atoms with E-state index >= 15 is 0 Å². The third-order valence-electron chi connectivity index (χ3n) is 4.26. The van der Waals surface area contributed by atoms with Crippen molar-refractivity contribution in [3.8, 4) is 0 Å². The van der Waals surface area contributed by atoms with Gasteiger partial charge in [0.15, 0.2) is 0 Å². The Morgan fingerprint density at radius 1 is 1.00 bits per heavy atom. The summed E-state index contributed by atoms with van der Waals surface area (Å²) in [5, 5.41) is 0. The lowest BCUT2D eigenvalue weighted by Crippen LogP contribution is -2.77. The highest BCUT2D eigenvalue weighted by Gasteiger charge is 2.63. The van der Waals surface area contributed by atoms with E-state index in [1.54, 1.807) is 13.8 Å². The second-order valence-electron chi connectivity index (χ2n) is 6.02. The minimum atomic E-state index is -5.27. The van der Waals surface area contributed by atoms with Crippen LogP contribution in [0.4, 0.5) is 26.3 Å². The van der Waals surface area contributed by atoms with Gasteiger partial charge in [-0.2, -0.15) is 26.3 Å². The van der Waals surface area contributed by atoms with Crippen molar-refractivity contribution < 1.29 is 40.6 Å². The van der Waals surface area contributed by atoms with Crippen molar-refractivity contribution in [2.24, 2.45) is 11.3 Å². The fourth-order valence-corrected chi connectivity index (χ4v) is 2.77. The van der Waals surface area contributed by atoms with Gasteiger partial charge in [0, 0.05) is 25.1 Å². The first-order valence-corrected chi connectivity index (χ1v) is 6.67. The number of hydrogen-bond donors (Lipinski definition) is 0. The molecule has 12 heteroatoms. The summed E-state index contributed by atoms with van der Waals surface area (Å²) in [6.45, 7) is 2.20. The molecule has 0 aliphatic carbocycles. The Hall–Kier alpha value is -1.46. The summed E-state index contributed by atoms with van der Waals surface area (Å²) >= 11 is 0. The van der Waals surface area contributed by atoms with Crippen LogP contribution in [0.15, 0.2) is 0 Å². The van der Waals surface area contributed by atoms with E-state index in [1.165, 1.54) is 0 Å². The number of nitrogens with zero attached hydrogens (tertiary/aromatic N) is 2. The molecule has 0 saturated carbocycles. The van der Waals surface area contributed by atoms with Gasteiger partial charge < -0.3 is 14.3 Å². The van der Waals surface area contributed by atoms with E-state index in [-0.39, 0.29) is 16.2 Å². The number of carbonyl (C=O) groups excluding carboxylic acids is 2. The monoisotopic (exact) mass is 346 g/mol. The number of halogens is 6. The highest BCUT2D eigenvalue weighted by atomic mass is 19.4. The van der Waals surface area contributed by atoms with E-state index in [0.29, 0.717) is 0 Å². The van der Waals surface area contributed by atoms with Crippen LogP contribution in [0.25, 0.3) is 0 Å². The van der Waals surface area contributed by atoms with Gasteiger partial charge in [-0.1, -0.05) is 13.8 Å². The Morgan fingerprint density at radius 2 is 1.39 bits per heavy atom. The quantitative estimate of drug-likeness (QED) is 0.533. The van der Waals surface area contributed by atoms with E-state index in [1.807, 2.05) is 0 Å². The Kier molecular flexibility index (Phi) is 4.11. The van der Waals surface area contributed by atoms with Crippen molar-refractivity contribution in [2.45, 2.75) is 26.2 Å². The van der Waals surface area contributed by atoms with Crippen molar-refractivity contribution >= 4 is 19.0 Å². The number of carbonyl (C=O) groups is 2. The summed E-state index contributed by atoms with van der Waals surface area (Å²) in [6, 6.07) is 0. The molecule has 0 atom stereocenters. The van der Waals surface area contributed by atoms with Crippen molar-refractivity contribution in [3.05, 3.63) is 0 Å². The average Bonchev–Trinajstić information content (AvgIpc) is 2.43. The molecule has 0 aromatic carbocycles. The molecule has 3 aliphatic rings. The third-order valence-corrected chi connectivity index (χ3v) is 4.26. The predicted molar refractivity (Wildman–Crippen MR) is 64.5 cm³/mol. The van der Waals surface area contributed by atoms with Gasteiger partial charge in [-0.15, -0.1) is 0 Å². The Balaban J connectivity index is 2.41. The molecule has 3 saturated heterocycles. The molecular formula is C11H13BF6N2O3. The van der Waals surface area contributed by atoms with Gasteiger partial charge in [0.1, 0.15) is 0 Å². The molecule has 130 valence electrons. The summed E-state index contributed by atoms with van der Waals surface area (Å²) in [4.78, 5) is 23.3. The third kappa shape index (κ3) is 3.00. The molecule has 0 N–H and O–H groups in total. The normalized spacial score (nSPS) is 21.2. The molecule has 3 aliphatic heterocycles. The molecule has 2 bridgehead atoms. The van der Waals surface area contributed by atoms with E-state index in [4.69, 9.17) is 4.65 Å². The van der Waals surface area contributed by atoms with E-state index < -0.39 is 55.8 Å². The maximum atomic E-state index is 12.7. The highest BCUT2D eigenvalue weighted by molar-refractivity contribution is 6.53. The highest BCUT2D eigenvalue weighted by Crippen LogP contribution is 2.42. The zero-order valence-corrected chi connectivity index (χ0v) is 12.2. The molecule has 0 aromatic heterocycles. The number of fused-ring (bicyclic) bond motifs is 3. The minimum Gasteiger partial charge on any atom is -0.397 e. The van der Waals surface area contributed by atoms with Crippen molar-refractivity contribution in [2.75, 3.05) is 19.7 Å². The number of amides is 2. The van der Waals surface area contributed by atoms with Crippen LogP contribution in [0.5, 0.6) is 0 Å². The molecule has 3 rings (SSSR count). The topological polar surface area (TPSA) is 49.9 Å². The first-order valence-electron chi connectivity index (χ1n) is 6.67. The standard InChI is InChI=1S/C11H13BF6N2O3/c1-6(2)9-3-19(7(21)10(13,14)15)12(23-5-9)20(4-9)8(22)11(16,17)18/h6H,3-5H2,1-2H3. The van der Waals surface area contributed by atoms with E-state index in [9.17, 15) is 35.9 Å². The van der Waals surface area contributed by atoms with Gasteiger partial charge in [-0.3, -0.25) is 9.59 Å². The zero-order chi connectivity index (χ0) is 17.8. The fraction of sp³-hybridized carbons (Fsp3) is 0.818. The lowest BCUT2D eigenvalue weighted by molar-refractivity contribution is -0.197. The van der Waals surface area contributed by atoms with Crippen LogP contribution < -0.4 is 0 Å². The first-order chi connectivity index (χ1) is 10.3. The second-order valence-corrected chi connectivity index (χ2v) is 6.02. The summed E-state index contributed by atoms with van der Waals surface area (Å²) in [6.07, 6.45) is -10.5. The SMILES string of the molecule is CC(C)C12COB(N(C(=O)C(F)(F)F)C1)N(C(=O)C(F)(F)F)C2. The van der Waals surface area contributed by atoms with Crippen molar-refractivity contribution in [3.63, 3.8) is 0 Å². The summed E-state index contributed by atoms with van der Waals surface area (Å²) in [7, 11) is -2.00. The molecule has 5 nitrogen and oxygen atoms in total. The molecular weight excluding hydrogens is 333 g/mol. The van der Waals surface area contributed by atoms with Gasteiger partial charge in [0.05, 0.1) is 0 Å². The van der Waals surface area contributed by atoms with Crippen LogP contribution in [-0.2, 0) is 14.2 Å². The second kappa shape index (κ2) is 5.28. The average molecular weight is 346 g/mol. The van der Waals surface area contributed by atoms with E-state index in [0.717, 1.165) is 0 Å². The number of rotatable bonds is 1. The van der Waals surface area contributed by atoms with Crippen LogP contribution in [-0.4, -0.2) is 60.7 Å². The molecule has 0 spiro atoms. The fourth-order valence-electron chi connectivity index (χ4n) is 2.77. The number of hydrogen-bond acceptors (Lipinski definition) is 3. The van der Waals surface area contributed by atoms with Crippen LogP contribution in [0.2, 0.25) is 0 Å². The Labute approximate surface area is 127 Å². The minimum absolute atomic E-state index is 0.126. The first kappa shape index (κ1) is 17.9. The zero-order valence-electron chi connectivity index (χ0n) is 12.2. The molecule has 0 radical (unpaired) electrons. The Bertz CT molecular complexity index is 485. The predicted octanol–water partition coefficient (Wildman–Crippen LogP) is 1.44. The smallest absolute Gasteiger partial charge is 0.397 e. The lowest BCUT2D eigenvalue weighted by atomic mass is 9.66. The Morgan fingerprint density at radius 3 is 1.70 bits per heavy atom. The van der Waals surface area contributed by atoms with Crippen LogP contribution in [0.1, 0.15) is 13.8 Å². The maximum absolute atomic E-state index is 12.7. The molecule has 23 heavy (non-hydrogen) atoms. The molecule has 3 heterocycles. The molecule has 3 fully saturated rings. The van der Waals surface area contributed by atoms with Gasteiger partial charge >= 0.3 is 31.4 Å². The van der Waals surface area contributed by atoms with Gasteiger partial charge in [-0.25, -0.2) is 0 Å². The van der Waals surface area contributed by atoms with Gasteiger partial charge in [0.25, 0.3) is 0 Å². The molecule has 0 unspecified atom stereocenters. The largest absolute Gasteiger partial charge is 0.553 e. The van der Waals surface area contributed by atoms with Crippen LogP contribution in [0.3, 0.4) is 0 Å². The molecule has 2 amide bonds. The maximum Gasteiger partial charge on any atom is 0.553 e. The van der Waals surface area contributed by atoms with E-state index in [2.05, 4.69) is 0 Å². The number of alkyl halides is 6. The van der Waals surface area contributed by atoms with Crippen LogP contribution >= 0.6 is 0 Å². The van der Waals surface area contributed by atoms with Gasteiger partial charge in [-0.05, 0) is 5.92 Å². The summed E-state index contributed by atoms with van der Waals surface area (Å²) in [5.74, 6) is -5.06. The summed E-state index contributed by atoms with van der Waals surface area (Å²) in [5.41, 5.74) is -1.18. The molecule has 0 aromatic rings. The van der Waals surface area contributed by atoms with Crippen molar-refractivity contribution in [1.29, 1.82) is 0 Å². The lowest BCUT2D eigenvalue weighted by Gasteiger charge is -2.56.